The molecule has 13 heteroatoms. The third-order valence-electron chi connectivity index (χ3n) is 3.82. The fourth-order valence-electron chi connectivity index (χ4n) is 2.34. The van der Waals surface area contributed by atoms with Crippen LogP contribution in [0.25, 0.3) is 0 Å². The van der Waals surface area contributed by atoms with E-state index in [-0.39, 0.29) is 10.6 Å². The van der Waals surface area contributed by atoms with Crippen molar-refractivity contribution in [3.05, 3.63) is 76.1 Å². The summed E-state index contributed by atoms with van der Waals surface area (Å²) < 4.78 is 51.6. The molecule has 0 aliphatic heterocycles. The minimum atomic E-state index is -4.07. The zero-order valence-electron chi connectivity index (χ0n) is 15.3. The van der Waals surface area contributed by atoms with Crippen molar-refractivity contribution >= 4 is 33.0 Å². The summed E-state index contributed by atoms with van der Waals surface area (Å²) in [4.78, 5) is 19.9. The first-order chi connectivity index (χ1) is 14.2. The molecule has 2 aromatic carbocycles. The lowest BCUT2D eigenvalue weighted by molar-refractivity contribution is -0.383. The Morgan fingerprint density at radius 2 is 1.70 bits per heavy atom. The van der Waals surface area contributed by atoms with Crippen molar-refractivity contribution in [1.82, 2.24) is 14.8 Å². The molecule has 0 unspecified atom stereocenters. The van der Waals surface area contributed by atoms with Gasteiger partial charge in [0, 0.05) is 6.07 Å². The number of aromatic nitrogens is 2. The minimum Gasteiger partial charge on any atom is -0.332 e. The highest BCUT2D eigenvalue weighted by molar-refractivity contribution is 7.89. The molecular weight excluding hydrogens is 422 g/mol. The number of hydrogen-bond acceptors (Lipinski definition) is 8. The van der Waals surface area contributed by atoms with Crippen molar-refractivity contribution in [3.8, 4) is 0 Å². The van der Waals surface area contributed by atoms with Gasteiger partial charge in [-0.15, -0.1) is 4.83 Å². The van der Waals surface area contributed by atoms with Gasteiger partial charge in [-0.25, -0.2) is 27.2 Å². The van der Waals surface area contributed by atoms with Crippen LogP contribution in [0.15, 0.2) is 53.7 Å². The Labute approximate surface area is 169 Å². The molecule has 3 rings (SSSR count). The first-order valence-electron chi connectivity index (χ1n) is 8.23. The van der Waals surface area contributed by atoms with Crippen molar-refractivity contribution in [1.29, 1.82) is 0 Å². The number of benzene rings is 2. The van der Waals surface area contributed by atoms with Crippen LogP contribution < -0.4 is 15.6 Å². The molecule has 1 aromatic heterocycles. The summed E-state index contributed by atoms with van der Waals surface area (Å²) in [7, 11) is -4.07. The highest BCUT2D eigenvalue weighted by Gasteiger charge is 2.25. The second-order valence-corrected chi connectivity index (χ2v) is 7.65. The van der Waals surface area contributed by atoms with Gasteiger partial charge in [0.2, 0.25) is 11.6 Å². The Balaban J connectivity index is 1.89. The number of anilines is 3. The topological polar surface area (TPSA) is 139 Å². The molecule has 156 valence electrons. The molecule has 10 nitrogen and oxygen atoms in total. The molecule has 0 aliphatic carbocycles. The predicted molar refractivity (Wildman–Crippen MR) is 103 cm³/mol. The zero-order chi connectivity index (χ0) is 21.9. The Kier molecular flexibility index (Phi) is 5.84. The van der Waals surface area contributed by atoms with Crippen molar-refractivity contribution in [3.63, 3.8) is 0 Å². The van der Waals surface area contributed by atoms with Crippen LogP contribution in [0.5, 0.6) is 0 Å². The molecule has 0 saturated heterocycles. The lowest BCUT2D eigenvalue weighted by atomic mass is 10.2. The molecule has 0 aliphatic rings. The van der Waals surface area contributed by atoms with Crippen LogP contribution in [-0.2, 0) is 10.0 Å². The number of hydrogen-bond donors (Lipinski definition) is 3. The summed E-state index contributed by atoms with van der Waals surface area (Å²) >= 11 is 0. The summed E-state index contributed by atoms with van der Waals surface area (Å²) in [5.74, 6) is -2.76. The fraction of sp³-hybridized carbons (Fsp3) is 0.0588. The summed E-state index contributed by atoms with van der Waals surface area (Å²) in [5.41, 5.74) is 1.99. The molecule has 3 aromatic rings. The van der Waals surface area contributed by atoms with Crippen LogP contribution in [0.3, 0.4) is 0 Å². The highest BCUT2D eigenvalue weighted by Crippen LogP contribution is 2.31. The average Bonchev–Trinajstić information content (AvgIpc) is 2.69. The maximum atomic E-state index is 13.9. The van der Waals surface area contributed by atoms with Gasteiger partial charge in [0.05, 0.1) is 15.5 Å². The van der Waals surface area contributed by atoms with Gasteiger partial charge in [0.25, 0.3) is 10.0 Å². The van der Waals surface area contributed by atoms with Gasteiger partial charge in [-0.05, 0) is 31.2 Å². The molecule has 0 fully saturated rings. The number of rotatable bonds is 7. The zero-order valence-corrected chi connectivity index (χ0v) is 16.1. The molecule has 0 bridgehead atoms. The van der Waals surface area contributed by atoms with E-state index >= 15 is 0 Å². The largest absolute Gasteiger partial charge is 0.354 e. The van der Waals surface area contributed by atoms with Crippen LogP contribution >= 0.6 is 0 Å². The second kappa shape index (κ2) is 8.34. The van der Waals surface area contributed by atoms with E-state index in [1.54, 1.807) is 19.1 Å². The first-order valence-corrected chi connectivity index (χ1v) is 9.71. The molecule has 0 saturated carbocycles. The van der Waals surface area contributed by atoms with Crippen LogP contribution in [0.1, 0.15) is 5.56 Å². The number of hydrazine groups is 1. The van der Waals surface area contributed by atoms with Crippen molar-refractivity contribution < 1.29 is 22.1 Å². The predicted octanol–water partition coefficient (Wildman–Crippen LogP) is 3.02. The van der Waals surface area contributed by atoms with Crippen LogP contribution in [-0.4, -0.2) is 23.3 Å². The van der Waals surface area contributed by atoms with Crippen molar-refractivity contribution in [2.75, 3.05) is 10.7 Å². The molecule has 30 heavy (non-hydrogen) atoms. The quantitative estimate of drug-likeness (QED) is 0.379. The smallest absolute Gasteiger partial charge is 0.332 e. The molecule has 0 radical (unpaired) electrons. The van der Waals surface area contributed by atoms with Gasteiger partial charge >= 0.3 is 5.69 Å². The Bertz CT molecular complexity index is 1210. The van der Waals surface area contributed by atoms with Crippen LogP contribution in [0.4, 0.5) is 31.8 Å². The monoisotopic (exact) mass is 436 g/mol. The van der Waals surface area contributed by atoms with Gasteiger partial charge in [0.1, 0.15) is 18.0 Å². The second-order valence-electron chi connectivity index (χ2n) is 5.97. The Morgan fingerprint density at radius 1 is 1.03 bits per heavy atom. The summed E-state index contributed by atoms with van der Waals surface area (Å²) in [6, 6.07) is 8.46. The Hall–Kier alpha value is -3.71. The minimum absolute atomic E-state index is 0.0796. The standard InChI is InChI=1S/C17H14F2N6O4S/c1-10-2-5-12(6-3-10)30(28,29)24-23-17-15(25(26)27)16(20-9-21-17)22-14-7-4-11(18)8-13(14)19/h2-9,24H,1H3,(H2,20,21,22,23). The van der Waals surface area contributed by atoms with E-state index in [1.165, 1.54) is 12.1 Å². The van der Waals surface area contributed by atoms with Gasteiger partial charge in [0.15, 0.2) is 0 Å². The normalized spacial score (nSPS) is 11.2. The summed E-state index contributed by atoms with van der Waals surface area (Å²) in [6.45, 7) is 1.78. The van der Waals surface area contributed by atoms with Gasteiger partial charge in [-0.3, -0.25) is 15.5 Å². The third-order valence-corrected chi connectivity index (χ3v) is 5.09. The van der Waals surface area contributed by atoms with Crippen LogP contribution in [0.2, 0.25) is 0 Å². The average molecular weight is 436 g/mol. The van der Waals surface area contributed by atoms with E-state index in [2.05, 4.69) is 20.7 Å². The molecule has 3 N–H and O–H groups in total. The maximum absolute atomic E-state index is 13.9. The fourth-order valence-corrected chi connectivity index (χ4v) is 3.19. The highest BCUT2D eigenvalue weighted by atomic mass is 32.2. The maximum Gasteiger partial charge on any atom is 0.354 e. The molecule has 0 atom stereocenters. The first kappa shape index (κ1) is 21.0. The number of sulfonamides is 1. The summed E-state index contributed by atoms with van der Waals surface area (Å²) in [6.07, 6.45) is 0.902. The molecule has 0 amide bonds. The third kappa shape index (κ3) is 4.64. The number of aryl methyl sites for hydroxylation is 1. The molecule has 0 spiro atoms. The van der Waals surface area contributed by atoms with Gasteiger partial charge in [-0.2, -0.15) is 0 Å². The lowest BCUT2D eigenvalue weighted by Gasteiger charge is -2.12. The lowest BCUT2D eigenvalue weighted by Crippen LogP contribution is -2.30. The molecule has 1 heterocycles. The number of halogens is 2. The number of nitro groups is 1. The van der Waals surface area contributed by atoms with Crippen molar-refractivity contribution in [2.45, 2.75) is 11.8 Å². The SMILES string of the molecule is Cc1ccc(S(=O)(=O)NNc2ncnc(Nc3ccc(F)cc3F)c2[N+](=O)[O-])cc1. The van der Waals surface area contributed by atoms with E-state index in [0.717, 1.165) is 24.0 Å². The Morgan fingerprint density at radius 3 is 2.33 bits per heavy atom. The van der Waals surface area contributed by atoms with E-state index in [9.17, 15) is 27.3 Å². The van der Waals surface area contributed by atoms with Crippen molar-refractivity contribution in [2.24, 2.45) is 0 Å². The summed E-state index contributed by atoms with van der Waals surface area (Å²) in [5, 5.41) is 13.9. The van der Waals surface area contributed by atoms with E-state index < -0.39 is 43.9 Å². The molecular formula is C17H14F2N6O4S. The number of nitrogens with one attached hydrogen (secondary N) is 3. The van der Waals surface area contributed by atoms with Crippen LogP contribution in [0, 0.1) is 28.7 Å². The number of nitrogens with zero attached hydrogens (tertiary/aromatic N) is 3. The van der Waals surface area contributed by atoms with E-state index in [0.29, 0.717) is 6.07 Å². The van der Waals surface area contributed by atoms with E-state index in [1.807, 2.05) is 4.83 Å². The van der Waals surface area contributed by atoms with Gasteiger partial charge < -0.3 is 5.32 Å². The van der Waals surface area contributed by atoms with E-state index in [4.69, 9.17) is 0 Å². The van der Waals surface area contributed by atoms with Gasteiger partial charge in [-0.1, -0.05) is 17.7 Å².